The van der Waals surface area contributed by atoms with Crippen molar-refractivity contribution in [3.8, 4) is 0 Å². The summed E-state index contributed by atoms with van der Waals surface area (Å²) in [5, 5.41) is 0. The van der Waals surface area contributed by atoms with E-state index in [-0.39, 0.29) is 11.2 Å². The first-order valence-corrected chi connectivity index (χ1v) is 6.05. The molecule has 1 fully saturated rings. The van der Waals surface area contributed by atoms with E-state index in [2.05, 4.69) is 20.9 Å². The number of hydrogen-bond donors (Lipinski definition) is 0. The Balaban J connectivity index is 2.54. The second-order valence-electron chi connectivity index (χ2n) is 5.22. The van der Waals surface area contributed by atoms with Gasteiger partial charge in [-0.3, -0.25) is 0 Å². The number of hydrogen-bond acceptors (Lipinski definition) is 1. The first-order valence-electron chi connectivity index (χ1n) is 5.26. The molecule has 1 aromatic rings. The molecule has 0 radical (unpaired) electrons. The Kier molecular flexibility index (Phi) is 2.61. The molecule has 15 heavy (non-hydrogen) atoms. The maximum Gasteiger partial charge on any atom is 0.148 e. The van der Waals surface area contributed by atoms with E-state index < -0.39 is 0 Å². The van der Waals surface area contributed by atoms with E-state index in [0.29, 0.717) is 11.6 Å². The number of halogens is 2. The topological polar surface area (TPSA) is 12.9 Å². The maximum atomic E-state index is 14.2. The maximum absolute atomic E-state index is 14.2. The highest BCUT2D eigenvalue weighted by Gasteiger charge is 2.31. The van der Waals surface area contributed by atoms with Crippen LogP contribution >= 0.6 is 15.9 Å². The molecular weight excluding hydrogens is 257 g/mol. The van der Waals surface area contributed by atoms with Crippen LogP contribution in [0, 0.1) is 5.82 Å². The minimum Gasteiger partial charge on any atom is -0.242 e. The van der Waals surface area contributed by atoms with Crippen molar-refractivity contribution in [2.75, 3.05) is 0 Å². The molecule has 0 N–H and O–H groups in total. The first kappa shape index (κ1) is 11.1. The number of pyridine rings is 1. The highest BCUT2D eigenvalue weighted by molar-refractivity contribution is 9.10. The Morgan fingerprint density at radius 2 is 2.00 bits per heavy atom. The van der Waals surface area contributed by atoms with Gasteiger partial charge in [0.2, 0.25) is 0 Å². The lowest BCUT2D eigenvalue weighted by Gasteiger charge is -2.20. The van der Waals surface area contributed by atoms with Crippen LogP contribution in [0.1, 0.15) is 50.8 Å². The third-order valence-corrected chi connectivity index (χ3v) is 3.09. The smallest absolute Gasteiger partial charge is 0.148 e. The summed E-state index contributed by atoms with van der Waals surface area (Å²) in [4.78, 5) is 4.26. The molecule has 1 heterocycles. The van der Waals surface area contributed by atoms with Gasteiger partial charge in [0.05, 0.1) is 5.69 Å². The van der Waals surface area contributed by atoms with E-state index in [9.17, 15) is 4.39 Å². The molecule has 1 aromatic heterocycles. The highest BCUT2D eigenvalue weighted by atomic mass is 79.9. The van der Waals surface area contributed by atoms with Gasteiger partial charge in [-0.25, -0.2) is 9.37 Å². The van der Waals surface area contributed by atoms with Crippen molar-refractivity contribution in [3.63, 3.8) is 0 Å². The third kappa shape index (κ3) is 2.22. The predicted octanol–water partition coefficient (Wildman–Crippen LogP) is 4.16. The molecule has 82 valence electrons. The fourth-order valence-corrected chi connectivity index (χ4v) is 2.13. The fraction of sp³-hybridized carbons (Fsp3) is 0.583. The quantitative estimate of drug-likeness (QED) is 0.699. The fourth-order valence-electron chi connectivity index (χ4n) is 1.70. The number of aromatic nitrogens is 1. The van der Waals surface area contributed by atoms with E-state index in [1.165, 1.54) is 0 Å². The minimum atomic E-state index is -0.239. The van der Waals surface area contributed by atoms with E-state index in [4.69, 9.17) is 0 Å². The summed E-state index contributed by atoms with van der Waals surface area (Å²) < 4.78 is 14.9. The summed E-state index contributed by atoms with van der Waals surface area (Å²) in [5.74, 6) is 0.318. The van der Waals surface area contributed by atoms with Crippen LogP contribution in [0.2, 0.25) is 0 Å². The number of rotatable bonds is 1. The average Bonchev–Trinajstić information content (AvgIpc) is 2.89. The molecule has 3 heteroatoms. The van der Waals surface area contributed by atoms with Gasteiger partial charge in [0.1, 0.15) is 10.4 Å². The summed E-state index contributed by atoms with van der Waals surface area (Å²) in [7, 11) is 0. The first-order chi connectivity index (χ1) is 6.89. The molecule has 0 unspecified atom stereocenters. The molecule has 2 rings (SSSR count). The van der Waals surface area contributed by atoms with E-state index >= 15 is 0 Å². The van der Waals surface area contributed by atoms with Crippen molar-refractivity contribution in [1.29, 1.82) is 0 Å². The second kappa shape index (κ2) is 3.55. The zero-order chi connectivity index (χ0) is 11.2. The van der Waals surface area contributed by atoms with Crippen LogP contribution in [0.3, 0.4) is 0 Å². The molecule has 0 aliphatic heterocycles. The monoisotopic (exact) mass is 271 g/mol. The Labute approximate surface area is 98.2 Å². The Morgan fingerprint density at radius 3 is 2.47 bits per heavy atom. The van der Waals surface area contributed by atoms with E-state index in [0.717, 1.165) is 23.0 Å². The van der Waals surface area contributed by atoms with Crippen molar-refractivity contribution in [1.82, 2.24) is 4.98 Å². The summed E-state index contributed by atoms with van der Waals surface area (Å²) in [5.41, 5.74) is 1.16. The molecule has 0 aromatic carbocycles. The van der Waals surface area contributed by atoms with E-state index in [1.54, 1.807) is 0 Å². The van der Waals surface area contributed by atoms with Gasteiger partial charge >= 0.3 is 0 Å². The molecule has 0 bridgehead atoms. The van der Waals surface area contributed by atoms with Gasteiger partial charge in [-0.1, -0.05) is 20.8 Å². The van der Waals surface area contributed by atoms with Gasteiger partial charge in [-0.2, -0.15) is 0 Å². The zero-order valence-electron chi connectivity index (χ0n) is 9.27. The van der Waals surface area contributed by atoms with Gasteiger partial charge in [0.15, 0.2) is 0 Å². The van der Waals surface area contributed by atoms with Crippen LogP contribution in [0.4, 0.5) is 4.39 Å². The van der Waals surface area contributed by atoms with Gasteiger partial charge in [0.25, 0.3) is 0 Å². The molecule has 0 amide bonds. The van der Waals surface area contributed by atoms with Gasteiger partial charge in [-0.05, 0) is 46.3 Å². The summed E-state index contributed by atoms with van der Waals surface area (Å²) in [6.07, 6.45) is 2.22. The van der Waals surface area contributed by atoms with E-state index in [1.807, 2.05) is 26.8 Å². The van der Waals surface area contributed by atoms with Crippen LogP contribution in [-0.2, 0) is 5.41 Å². The van der Waals surface area contributed by atoms with Crippen LogP contribution < -0.4 is 0 Å². The SMILES string of the molecule is CC(C)(C)c1nc(Br)cc(C2CC2)c1F. The Morgan fingerprint density at radius 1 is 1.40 bits per heavy atom. The lowest BCUT2D eigenvalue weighted by atomic mass is 9.89. The van der Waals surface area contributed by atoms with Crippen LogP contribution in [0.25, 0.3) is 0 Å². The van der Waals surface area contributed by atoms with Gasteiger partial charge in [-0.15, -0.1) is 0 Å². The highest BCUT2D eigenvalue weighted by Crippen LogP contribution is 2.43. The summed E-state index contributed by atoms with van der Waals surface area (Å²) in [6, 6.07) is 1.82. The molecule has 1 aliphatic carbocycles. The Hall–Kier alpha value is -0.440. The molecule has 1 aliphatic rings. The van der Waals surface area contributed by atoms with Crippen molar-refractivity contribution in [2.45, 2.75) is 44.9 Å². The molecule has 1 saturated carbocycles. The molecule has 0 saturated heterocycles. The standard InChI is InChI=1S/C12H15BrFN/c1-12(2,3)11-10(14)8(7-4-5-7)6-9(13)15-11/h6-7H,4-5H2,1-3H3. The third-order valence-electron chi connectivity index (χ3n) is 2.68. The van der Waals surface area contributed by atoms with Gasteiger partial charge < -0.3 is 0 Å². The number of nitrogens with zero attached hydrogens (tertiary/aromatic N) is 1. The minimum absolute atomic E-state index is 0.104. The van der Waals surface area contributed by atoms with Crippen LogP contribution in [0.5, 0.6) is 0 Å². The summed E-state index contributed by atoms with van der Waals surface area (Å²) in [6.45, 7) is 5.96. The predicted molar refractivity (Wildman–Crippen MR) is 62.6 cm³/mol. The molecule has 1 nitrogen and oxygen atoms in total. The lowest BCUT2D eigenvalue weighted by Crippen LogP contribution is -2.17. The normalized spacial score (nSPS) is 16.9. The summed E-state index contributed by atoms with van der Waals surface area (Å²) >= 11 is 3.36. The van der Waals surface area contributed by atoms with Crippen molar-refractivity contribution in [2.24, 2.45) is 0 Å². The largest absolute Gasteiger partial charge is 0.242 e. The second-order valence-corrected chi connectivity index (χ2v) is 6.03. The molecule has 0 atom stereocenters. The van der Waals surface area contributed by atoms with Gasteiger partial charge in [0, 0.05) is 5.41 Å². The van der Waals surface area contributed by atoms with Crippen LogP contribution in [0.15, 0.2) is 10.7 Å². The lowest BCUT2D eigenvalue weighted by molar-refractivity contribution is 0.494. The van der Waals surface area contributed by atoms with Crippen molar-refractivity contribution in [3.05, 3.63) is 27.7 Å². The average molecular weight is 272 g/mol. The Bertz CT molecular complexity index is 391. The van der Waals surface area contributed by atoms with Crippen LogP contribution in [-0.4, -0.2) is 4.98 Å². The zero-order valence-corrected chi connectivity index (χ0v) is 10.9. The van der Waals surface area contributed by atoms with Crippen molar-refractivity contribution < 1.29 is 4.39 Å². The molecular formula is C12H15BrFN. The van der Waals surface area contributed by atoms with Crippen molar-refractivity contribution >= 4 is 15.9 Å². The molecule has 0 spiro atoms.